The van der Waals surface area contributed by atoms with Crippen molar-refractivity contribution in [1.82, 2.24) is 5.32 Å². The number of ether oxygens (including phenoxy) is 1. The molecule has 4 nitrogen and oxygen atoms in total. The highest BCUT2D eigenvalue weighted by Crippen LogP contribution is 2.17. The van der Waals surface area contributed by atoms with E-state index in [-0.39, 0.29) is 19.1 Å². The van der Waals surface area contributed by atoms with Gasteiger partial charge in [0.15, 0.2) is 0 Å². The van der Waals surface area contributed by atoms with Crippen molar-refractivity contribution in [2.75, 3.05) is 13.2 Å². The van der Waals surface area contributed by atoms with Crippen LogP contribution in [-0.2, 0) is 11.2 Å². The van der Waals surface area contributed by atoms with Crippen LogP contribution in [0, 0.1) is 11.7 Å². The Morgan fingerprint density at radius 2 is 2.14 bits per heavy atom. The van der Waals surface area contributed by atoms with Gasteiger partial charge >= 0.3 is 6.09 Å². The predicted molar refractivity (Wildman–Crippen MR) is 79.9 cm³/mol. The van der Waals surface area contributed by atoms with E-state index in [1.54, 1.807) is 32.9 Å². The van der Waals surface area contributed by atoms with Crippen LogP contribution in [0.1, 0.15) is 26.3 Å². The van der Waals surface area contributed by atoms with Crippen molar-refractivity contribution in [3.8, 4) is 0 Å². The third kappa shape index (κ3) is 6.78. The van der Waals surface area contributed by atoms with Crippen LogP contribution in [0.3, 0.4) is 0 Å². The van der Waals surface area contributed by atoms with Gasteiger partial charge in [-0.15, -0.1) is 0 Å². The minimum Gasteiger partial charge on any atom is -0.444 e. The van der Waals surface area contributed by atoms with E-state index in [0.29, 0.717) is 17.0 Å². The zero-order valence-corrected chi connectivity index (χ0v) is 13.2. The van der Waals surface area contributed by atoms with Gasteiger partial charge in [0.2, 0.25) is 0 Å². The molecule has 0 fully saturated rings. The quantitative estimate of drug-likeness (QED) is 0.877. The van der Waals surface area contributed by atoms with E-state index in [0.717, 1.165) is 0 Å². The summed E-state index contributed by atoms with van der Waals surface area (Å²) in [5, 5.41) is 12.2. The van der Waals surface area contributed by atoms with E-state index < -0.39 is 17.5 Å². The largest absolute Gasteiger partial charge is 0.444 e. The van der Waals surface area contributed by atoms with E-state index in [1.165, 1.54) is 6.07 Å². The highest BCUT2D eigenvalue weighted by Gasteiger charge is 2.18. The number of hydrogen-bond donors (Lipinski definition) is 2. The molecule has 0 aromatic heterocycles. The molecule has 6 heteroatoms. The molecular weight excluding hydrogens is 297 g/mol. The van der Waals surface area contributed by atoms with Crippen LogP contribution in [0.15, 0.2) is 18.2 Å². The Bertz CT molecular complexity index is 488. The van der Waals surface area contributed by atoms with Crippen molar-refractivity contribution >= 4 is 17.7 Å². The molecule has 0 radical (unpaired) electrons. The fourth-order valence-corrected chi connectivity index (χ4v) is 1.90. The highest BCUT2D eigenvalue weighted by molar-refractivity contribution is 6.30. The number of hydrogen-bond acceptors (Lipinski definition) is 3. The van der Waals surface area contributed by atoms with Crippen molar-refractivity contribution in [3.63, 3.8) is 0 Å². The average Bonchev–Trinajstić information content (AvgIpc) is 2.34. The standard InChI is InChI=1S/C15H21ClFNO3/c1-15(2,3)21-14(20)18-8-10(9-19)6-11-4-5-12(16)7-13(11)17/h4-5,7,10,19H,6,8-9H2,1-3H3,(H,18,20). The molecule has 118 valence electrons. The molecule has 0 aliphatic rings. The van der Waals surface area contributed by atoms with Crippen LogP contribution < -0.4 is 5.32 Å². The van der Waals surface area contributed by atoms with Crippen molar-refractivity contribution in [3.05, 3.63) is 34.6 Å². The normalized spacial score (nSPS) is 12.9. The predicted octanol–water partition coefficient (Wildman–Crippen LogP) is 3.15. The molecule has 1 aromatic rings. The van der Waals surface area contributed by atoms with E-state index in [4.69, 9.17) is 16.3 Å². The second-order valence-electron chi connectivity index (χ2n) is 5.87. The Balaban J connectivity index is 2.54. The van der Waals surface area contributed by atoms with Crippen molar-refractivity contribution in [2.45, 2.75) is 32.8 Å². The Kier molecular flexibility index (Phi) is 6.42. The first-order valence-corrected chi connectivity index (χ1v) is 7.10. The SMILES string of the molecule is CC(C)(C)OC(=O)NCC(CO)Cc1ccc(Cl)cc1F. The maximum atomic E-state index is 13.7. The molecule has 1 amide bonds. The summed E-state index contributed by atoms with van der Waals surface area (Å²) in [6.07, 6.45) is -0.257. The summed E-state index contributed by atoms with van der Waals surface area (Å²) >= 11 is 5.69. The summed E-state index contributed by atoms with van der Waals surface area (Å²) in [5.74, 6) is -0.716. The number of halogens is 2. The van der Waals surface area contributed by atoms with Gasteiger partial charge in [0.05, 0.1) is 0 Å². The Morgan fingerprint density at radius 1 is 1.48 bits per heavy atom. The summed E-state index contributed by atoms with van der Waals surface area (Å²) in [6, 6.07) is 4.40. The Hall–Kier alpha value is -1.33. The van der Waals surface area contributed by atoms with Crippen molar-refractivity contribution in [1.29, 1.82) is 0 Å². The smallest absolute Gasteiger partial charge is 0.407 e. The molecule has 0 aliphatic heterocycles. The molecule has 1 rings (SSSR count). The van der Waals surface area contributed by atoms with Crippen LogP contribution >= 0.6 is 11.6 Å². The second kappa shape index (κ2) is 7.61. The average molecular weight is 318 g/mol. The minimum absolute atomic E-state index is 0.169. The van der Waals surface area contributed by atoms with Gasteiger partial charge in [0, 0.05) is 24.1 Å². The maximum absolute atomic E-state index is 13.7. The van der Waals surface area contributed by atoms with Gasteiger partial charge in [-0.25, -0.2) is 9.18 Å². The fraction of sp³-hybridized carbons (Fsp3) is 0.533. The van der Waals surface area contributed by atoms with E-state index in [2.05, 4.69) is 5.32 Å². The molecule has 0 bridgehead atoms. The van der Waals surface area contributed by atoms with Crippen LogP contribution in [0.25, 0.3) is 0 Å². The number of aliphatic hydroxyl groups is 1. The lowest BCUT2D eigenvalue weighted by atomic mass is 9.99. The van der Waals surface area contributed by atoms with Gasteiger partial charge in [-0.05, 0) is 44.9 Å². The number of amides is 1. The van der Waals surface area contributed by atoms with Gasteiger partial charge in [0.25, 0.3) is 0 Å². The third-order valence-electron chi connectivity index (χ3n) is 2.72. The summed E-state index contributed by atoms with van der Waals surface area (Å²) in [4.78, 5) is 11.5. The monoisotopic (exact) mass is 317 g/mol. The molecule has 1 aromatic carbocycles. The van der Waals surface area contributed by atoms with Gasteiger partial charge < -0.3 is 15.2 Å². The van der Waals surface area contributed by atoms with E-state index >= 15 is 0 Å². The van der Waals surface area contributed by atoms with Crippen LogP contribution in [0.5, 0.6) is 0 Å². The first-order valence-electron chi connectivity index (χ1n) is 6.73. The second-order valence-corrected chi connectivity index (χ2v) is 6.31. The lowest BCUT2D eigenvalue weighted by Gasteiger charge is -2.21. The molecule has 0 spiro atoms. The molecule has 1 unspecified atom stereocenters. The number of nitrogens with one attached hydrogen (secondary N) is 1. The Morgan fingerprint density at radius 3 is 2.67 bits per heavy atom. The molecule has 0 aliphatic carbocycles. The first kappa shape index (κ1) is 17.7. The lowest BCUT2D eigenvalue weighted by Crippen LogP contribution is -2.36. The zero-order chi connectivity index (χ0) is 16.0. The molecule has 21 heavy (non-hydrogen) atoms. The van der Waals surface area contributed by atoms with Crippen LogP contribution in [-0.4, -0.2) is 30.0 Å². The summed E-state index contributed by atoms with van der Waals surface area (Å²) in [7, 11) is 0. The Labute approximate surface area is 129 Å². The van der Waals surface area contributed by atoms with Crippen LogP contribution in [0.4, 0.5) is 9.18 Å². The molecule has 0 heterocycles. The van der Waals surface area contributed by atoms with E-state index in [9.17, 15) is 14.3 Å². The van der Waals surface area contributed by atoms with Crippen LogP contribution in [0.2, 0.25) is 5.02 Å². The van der Waals surface area contributed by atoms with Gasteiger partial charge in [-0.3, -0.25) is 0 Å². The number of rotatable bonds is 5. The third-order valence-corrected chi connectivity index (χ3v) is 2.95. The summed E-state index contributed by atoms with van der Waals surface area (Å²) in [5.41, 5.74) is -0.134. The van der Waals surface area contributed by atoms with Crippen molar-refractivity contribution < 1.29 is 19.0 Å². The van der Waals surface area contributed by atoms with Gasteiger partial charge in [-0.1, -0.05) is 17.7 Å². The number of aliphatic hydroxyl groups excluding tert-OH is 1. The van der Waals surface area contributed by atoms with Gasteiger partial charge in [-0.2, -0.15) is 0 Å². The molecule has 1 atom stereocenters. The summed E-state index contributed by atoms with van der Waals surface area (Å²) < 4.78 is 18.8. The van der Waals surface area contributed by atoms with Crippen molar-refractivity contribution in [2.24, 2.45) is 5.92 Å². The zero-order valence-electron chi connectivity index (χ0n) is 12.5. The maximum Gasteiger partial charge on any atom is 0.407 e. The number of carbonyl (C=O) groups excluding carboxylic acids is 1. The molecule has 2 N–H and O–H groups in total. The van der Waals surface area contributed by atoms with E-state index in [1.807, 2.05) is 0 Å². The number of alkyl carbamates (subject to hydrolysis) is 1. The number of benzene rings is 1. The summed E-state index contributed by atoms with van der Waals surface area (Å²) in [6.45, 7) is 5.32. The first-order chi connectivity index (χ1) is 9.71. The van der Waals surface area contributed by atoms with Gasteiger partial charge in [0.1, 0.15) is 11.4 Å². The molecular formula is C15H21ClFNO3. The topological polar surface area (TPSA) is 58.6 Å². The fourth-order valence-electron chi connectivity index (χ4n) is 1.74. The lowest BCUT2D eigenvalue weighted by molar-refractivity contribution is 0.0512. The highest BCUT2D eigenvalue weighted by atomic mass is 35.5. The molecule has 0 saturated heterocycles. The molecule has 0 saturated carbocycles. The number of carbonyl (C=O) groups is 1. The minimum atomic E-state index is -0.582.